The number of sulfonamides is 1. The van der Waals surface area contributed by atoms with Crippen molar-refractivity contribution in [1.82, 2.24) is 15.0 Å². The Labute approximate surface area is 173 Å². The van der Waals surface area contributed by atoms with E-state index in [0.29, 0.717) is 12.2 Å². The molecule has 3 rings (SSSR count). The maximum absolute atomic E-state index is 13.5. The molecule has 0 aliphatic heterocycles. The molecule has 0 unspecified atom stereocenters. The maximum atomic E-state index is 13.5. The second-order valence-corrected chi connectivity index (χ2v) is 8.36. The predicted octanol–water partition coefficient (Wildman–Crippen LogP) is 3.15. The molecule has 1 N–H and O–H groups in total. The van der Waals surface area contributed by atoms with E-state index in [1.54, 1.807) is 19.2 Å². The molecule has 158 valence electrons. The highest BCUT2D eigenvalue weighted by Crippen LogP contribution is 2.23. The van der Waals surface area contributed by atoms with Crippen LogP contribution in [0.1, 0.15) is 34.6 Å². The number of rotatable bonds is 7. The molecule has 10 heteroatoms. The number of para-hydroxylation sites is 1. The quantitative estimate of drug-likeness (QED) is 0.615. The van der Waals surface area contributed by atoms with Gasteiger partial charge in [0, 0.05) is 13.5 Å². The molecule has 3 aromatic rings. The first-order chi connectivity index (χ1) is 14.2. The van der Waals surface area contributed by atoms with Crippen molar-refractivity contribution in [3.8, 4) is 0 Å². The van der Waals surface area contributed by atoms with Gasteiger partial charge in [-0.3, -0.25) is 9.52 Å². The first-order valence-electron chi connectivity index (χ1n) is 9.16. The number of carbonyl (C=O) groups is 1. The van der Waals surface area contributed by atoms with Crippen LogP contribution in [0, 0.1) is 12.7 Å². The Hall–Kier alpha value is -3.27. The number of hydrogen-bond donors (Lipinski definition) is 1. The monoisotopic (exact) mass is 432 g/mol. The number of nitrogens with one attached hydrogen (secondary N) is 1. The number of nitrogens with zero attached hydrogens (tertiary/aromatic N) is 3. The lowest BCUT2D eigenvalue weighted by atomic mass is 10.1. The largest absolute Gasteiger partial charge is 0.337 e. The lowest BCUT2D eigenvalue weighted by molar-refractivity contribution is 0.0770. The van der Waals surface area contributed by atoms with Crippen LogP contribution in [0.3, 0.4) is 0 Å². The summed E-state index contributed by atoms with van der Waals surface area (Å²) in [5.74, 6) is -0.116. The zero-order chi connectivity index (χ0) is 21.9. The van der Waals surface area contributed by atoms with Crippen molar-refractivity contribution in [2.75, 3.05) is 11.8 Å². The van der Waals surface area contributed by atoms with E-state index in [4.69, 9.17) is 4.52 Å². The summed E-state index contributed by atoms with van der Waals surface area (Å²) in [7, 11) is -2.47. The lowest BCUT2D eigenvalue weighted by Gasteiger charge is -2.18. The van der Waals surface area contributed by atoms with Crippen molar-refractivity contribution in [2.24, 2.45) is 0 Å². The zero-order valence-electron chi connectivity index (χ0n) is 16.7. The second-order valence-electron chi connectivity index (χ2n) is 6.68. The molecule has 0 aliphatic carbocycles. The maximum Gasteiger partial charge on any atom is 0.261 e. The third-order valence-corrected chi connectivity index (χ3v) is 5.75. The molecule has 0 bridgehead atoms. The van der Waals surface area contributed by atoms with Crippen LogP contribution < -0.4 is 4.72 Å². The second kappa shape index (κ2) is 8.62. The van der Waals surface area contributed by atoms with Crippen LogP contribution in [0.25, 0.3) is 0 Å². The Morgan fingerprint density at radius 2 is 1.97 bits per heavy atom. The highest BCUT2D eigenvalue weighted by atomic mass is 32.2. The number of halogens is 1. The first kappa shape index (κ1) is 21.4. The van der Waals surface area contributed by atoms with Crippen molar-refractivity contribution < 1.29 is 22.1 Å². The summed E-state index contributed by atoms with van der Waals surface area (Å²) in [6, 6.07) is 9.72. The zero-order valence-corrected chi connectivity index (χ0v) is 17.5. The Morgan fingerprint density at radius 3 is 2.63 bits per heavy atom. The van der Waals surface area contributed by atoms with Crippen LogP contribution in [-0.2, 0) is 23.0 Å². The molecule has 0 radical (unpaired) electrons. The molecule has 0 fully saturated rings. The molecule has 30 heavy (non-hydrogen) atoms. The topological polar surface area (TPSA) is 105 Å². The number of aromatic nitrogens is 2. The summed E-state index contributed by atoms with van der Waals surface area (Å²) in [6.45, 7) is 3.43. The third kappa shape index (κ3) is 4.65. The third-order valence-electron chi connectivity index (χ3n) is 4.39. The van der Waals surface area contributed by atoms with Crippen LogP contribution in [0.15, 0.2) is 51.9 Å². The van der Waals surface area contributed by atoms with E-state index < -0.39 is 21.7 Å². The fourth-order valence-corrected chi connectivity index (χ4v) is 3.89. The molecule has 1 aromatic heterocycles. The Balaban J connectivity index is 1.84. The predicted molar refractivity (Wildman–Crippen MR) is 108 cm³/mol. The average molecular weight is 432 g/mol. The Bertz CT molecular complexity index is 1180. The molecule has 1 heterocycles. The first-order valence-corrected chi connectivity index (χ1v) is 10.6. The average Bonchev–Trinajstić information content (AvgIpc) is 3.17. The molecular formula is C20H21FN4O4S. The number of carbonyl (C=O) groups excluding carboxylic acids is 1. The fourth-order valence-electron chi connectivity index (χ4n) is 2.72. The van der Waals surface area contributed by atoms with E-state index in [-0.39, 0.29) is 34.1 Å². The number of benzene rings is 2. The minimum Gasteiger partial charge on any atom is -0.337 e. The molecule has 0 atom stereocenters. The molecule has 0 saturated carbocycles. The summed E-state index contributed by atoms with van der Waals surface area (Å²) in [6.07, 6.45) is 0.606. The summed E-state index contributed by atoms with van der Waals surface area (Å²) >= 11 is 0. The molecule has 1 amide bonds. The van der Waals surface area contributed by atoms with Gasteiger partial charge in [-0.1, -0.05) is 24.2 Å². The van der Waals surface area contributed by atoms with Gasteiger partial charge < -0.3 is 9.42 Å². The number of aryl methyl sites for hydroxylation is 2. The smallest absolute Gasteiger partial charge is 0.261 e. The van der Waals surface area contributed by atoms with Gasteiger partial charge >= 0.3 is 0 Å². The van der Waals surface area contributed by atoms with Gasteiger partial charge in [-0.15, -0.1) is 0 Å². The Morgan fingerprint density at radius 1 is 1.23 bits per heavy atom. The van der Waals surface area contributed by atoms with E-state index in [9.17, 15) is 17.6 Å². The summed E-state index contributed by atoms with van der Waals surface area (Å²) in [4.78, 5) is 18.3. The highest BCUT2D eigenvalue weighted by Gasteiger charge is 2.22. The molecule has 8 nitrogen and oxygen atoms in total. The summed E-state index contributed by atoms with van der Waals surface area (Å²) < 4.78 is 46.5. The van der Waals surface area contributed by atoms with Gasteiger partial charge in [0.15, 0.2) is 5.82 Å². The SMILES string of the molecule is CCc1noc(CN(C)C(=O)c2ccccc2NS(=O)(=O)c2ccc(F)c(C)c2)n1. The van der Waals surface area contributed by atoms with Crippen molar-refractivity contribution in [3.05, 3.63) is 71.1 Å². The van der Waals surface area contributed by atoms with E-state index in [0.717, 1.165) is 6.07 Å². The summed E-state index contributed by atoms with van der Waals surface area (Å²) in [5.41, 5.74) is 0.460. The van der Waals surface area contributed by atoms with Crippen LogP contribution in [0.4, 0.5) is 10.1 Å². The van der Waals surface area contributed by atoms with E-state index in [1.165, 1.54) is 36.1 Å². The highest BCUT2D eigenvalue weighted by molar-refractivity contribution is 7.92. The van der Waals surface area contributed by atoms with Gasteiger partial charge in [0.2, 0.25) is 5.89 Å². The number of amides is 1. The molecule has 0 spiro atoms. The molecule has 0 saturated heterocycles. The molecule has 0 aliphatic rings. The number of hydrogen-bond acceptors (Lipinski definition) is 6. The minimum absolute atomic E-state index is 0.0735. The van der Waals surface area contributed by atoms with Gasteiger partial charge in [-0.2, -0.15) is 4.98 Å². The van der Waals surface area contributed by atoms with Gasteiger partial charge in [-0.05, 0) is 42.8 Å². The van der Waals surface area contributed by atoms with Gasteiger partial charge in [0.05, 0.1) is 22.7 Å². The van der Waals surface area contributed by atoms with Crippen LogP contribution in [-0.4, -0.2) is 36.4 Å². The fraction of sp³-hybridized carbons (Fsp3) is 0.250. The van der Waals surface area contributed by atoms with Crippen molar-refractivity contribution in [3.63, 3.8) is 0 Å². The minimum atomic E-state index is -4.02. The van der Waals surface area contributed by atoms with Crippen molar-refractivity contribution in [2.45, 2.75) is 31.7 Å². The van der Waals surface area contributed by atoms with Gasteiger partial charge in [-0.25, -0.2) is 12.8 Å². The standard InChI is InChI=1S/C20H21FN4O4S/c1-4-18-22-19(29-23-18)12-25(3)20(26)15-7-5-6-8-17(15)24-30(27,28)14-9-10-16(21)13(2)11-14/h5-11,24H,4,12H2,1-3H3. The van der Waals surface area contributed by atoms with Crippen LogP contribution in [0.2, 0.25) is 0 Å². The molecular weight excluding hydrogens is 411 g/mol. The van der Waals surface area contributed by atoms with Crippen LogP contribution in [0.5, 0.6) is 0 Å². The molecule has 2 aromatic carbocycles. The van der Waals surface area contributed by atoms with Crippen molar-refractivity contribution in [1.29, 1.82) is 0 Å². The normalized spacial score (nSPS) is 11.3. The van der Waals surface area contributed by atoms with Gasteiger partial charge in [0.1, 0.15) is 5.82 Å². The van der Waals surface area contributed by atoms with Gasteiger partial charge in [0.25, 0.3) is 15.9 Å². The lowest BCUT2D eigenvalue weighted by Crippen LogP contribution is -2.27. The van der Waals surface area contributed by atoms with E-state index in [1.807, 2.05) is 6.92 Å². The van der Waals surface area contributed by atoms with Crippen molar-refractivity contribution >= 4 is 21.6 Å². The van der Waals surface area contributed by atoms with Crippen LogP contribution >= 0.6 is 0 Å². The van der Waals surface area contributed by atoms with E-state index >= 15 is 0 Å². The van der Waals surface area contributed by atoms with E-state index in [2.05, 4.69) is 14.9 Å². The number of anilines is 1. The summed E-state index contributed by atoms with van der Waals surface area (Å²) in [5, 5.41) is 3.79. The Kier molecular flexibility index (Phi) is 6.16.